The summed E-state index contributed by atoms with van der Waals surface area (Å²) in [4.78, 5) is 22.5. The van der Waals surface area contributed by atoms with Crippen LogP contribution in [0.2, 0.25) is 0 Å². The lowest BCUT2D eigenvalue weighted by molar-refractivity contribution is -0.144. The van der Waals surface area contributed by atoms with E-state index in [2.05, 4.69) is 15.4 Å². The summed E-state index contributed by atoms with van der Waals surface area (Å²) in [5.41, 5.74) is 0. The van der Waals surface area contributed by atoms with Gasteiger partial charge in [0.1, 0.15) is 6.04 Å². The molecule has 1 amide bonds. The SMILES string of the molecule is COC(=O)[C@@H](C)NC(=O)CC1CCCN1.Cl. The van der Waals surface area contributed by atoms with Crippen LogP contribution in [-0.2, 0) is 14.3 Å². The van der Waals surface area contributed by atoms with Gasteiger partial charge < -0.3 is 15.4 Å². The van der Waals surface area contributed by atoms with Crippen LogP contribution in [0.25, 0.3) is 0 Å². The van der Waals surface area contributed by atoms with Crippen molar-refractivity contribution in [2.24, 2.45) is 0 Å². The molecule has 0 bridgehead atoms. The highest BCUT2D eigenvalue weighted by atomic mass is 35.5. The molecular weight excluding hydrogens is 232 g/mol. The van der Waals surface area contributed by atoms with Crippen molar-refractivity contribution >= 4 is 24.3 Å². The Hall–Kier alpha value is -0.810. The van der Waals surface area contributed by atoms with Crippen LogP contribution in [0.1, 0.15) is 26.2 Å². The molecule has 2 N–H and O–H groups in total. The minimum Gasteiger partial charge on any atom is -0.467 e. The second-order valence-corrected chi connectivity index (χ2v) is 3.81. The quantitative estimate of drug-likeness (QED) is 0.701. The largest absolute Gasteiger partial charge is 0.467 e. The van der Waals surface area contributed by atoms with Gasteiger partial charge >= 0.3 is 5.97 Å². The number of hydrogen-bond donors (Lipinski definition) is 2. The number of ether oxygens (including phenoxy) is 1. The normalized spacial score (nSPS) is 20.8. The summed E-state index contributed by atoms with van der Waals surface area (Å²) < 4.78 is 4.51. The number of carbonyl (C=O) groups is 2. The first-order chi connectivity index (χ1) is 7.13. The van der Waals surface area contributed by atoms with Crippen LogP contribution in [0.4, 0.5) is 0 Å². The molecule has 1 saturated heterocycles. The van der Waals surface area contributed by atoms with E-state index < -0.39 is 12.0 Å². The first-order valence-electron chi connectivity index (χ1n) is 5.24. The molecule has 1 aliphatic rings. The monoisotopic (exact) mass is 250 g/mol. The Morgan fingerprint density at radius 3 is 2.75 bits per heavy atom. The maximum atomic E-state index is 11.5. The standard InChI is InChI=1S/C10H18N2O3.ClH/c1-7(10(14)15-2)12-9(13)6-8-4-3-5-11-8;/h7-8,11H,3-6H2,1-2H3,(H,12,13);1H/t7-,8?;/m1./s1. The minimum absolute atomic E-state index is 0. The number of rotatable bonds is 4. The predicted octanol–water partition coefficient (Wildman–Crippen LogP) is 0.228. The Bertz CT molecular complexity index is 242. The Morgan fingerprint density at radius 1 is 1.56 bits per heavy atom. The van der Waals surface area contributed by atoms with Gasteiger partial charge in [0.05, 0.1) is 7.11 Å². The van der Waals surface area contributed by atoms with Gasteiger partial charge in [-0.3, -0.25) is 4.79 Å². The first-order valence-corrected chi connectivity index (χ1v) is 5.24. The summed E-state index contributed by atoms with van der Waals surface area (Å²) in [5.74, 6) is -0.518. The molecule has 2 atom stereocenters. The van der Waals surface area contributed by atoms with Crippen molar-refractivity contribution in [1.82, 2.24) is 10.6 Å². The van der Waals surface area contributed by atoms with Crippen molar-refractivity contribution in [2.45, 2.75) is 38.3 Å². The number of nitrogens with one attached hydrogen (secondary N) is 2. The van der Waals surface area contributed by atoms with E-state index in [1.54, 1.807) is 6.92 Å². The van der Waals surface area contributed by atoms with Gasteiger partial charge in [0.25, 0.3) is 0 Å². The summed E-state index contributed by atoms with van der Waals surface area (Å²) in [5, 5.41) is 5.83. The predicted molar refractivity (Wildman–Crippen MR) is 62.5 cm³/mol. The van der Waals surface area contributed by atoms with Crippen LogP contribution in [-0.4, -0.2) is 37.6 Å². The van der Waals surface area contributed by atoms with Gasteiger partial charge in [0.2, 0.25) is 5.91 Å². The van der Waals surface area contributed by atoms with Crippen LogP contribution in [0.3, 0.4) is 0 Å². The average Bonchev–Trinajstić information content (AvgIpc) is 2.68. The lowest BCUT2D eigenvalue weighted by Crippen LogP contribution is -2.41. The van der Waals surface area contributed by atoms with Crippen molar-refractivity contribution in [3.8, 4) is 0 Å². The van der Waals surface area contributed by atoms with E-state index >= 15 is 0 Å². The highest BCUT2D eigenvalue weighted by molar-refractivity contribution is 5.85. The van der Waals surface area contributed by atoms with Crippen molar-refractivity contribution < 1.29 is 14.3 Å². The maximum Gasteiger partial charge on any atom is 0.328 e. The zero-order chi connectivity index (χ0) is 11.3. The van der Waals surface area contributed by atoms with Crippen LogP contribution in [0.5, 0.6) is 0 Å². The fourth-order valence-corrected chi connectivity index (χ4v) is 1.69. The van der Waals surface area contributed by atoms with Gasteiger partial charge in [0.15, 0.2) is 0 Å². The lowest BCUT2D eigenvalue weighted by Gasteiger charge is -2.14. The summed E-state index contributed by atoms with van der Waals surface area (Å²) in [7, 11) is 1.31. The van der Waals surface area contributed by atoms with Crippen molar-refractivity contribution in [2.75, 3.05) is 13.7 Å². The lowest BCUT2D eigenvalue weighted by atomic mass is 10.1. The molecule has 5 nitrogen and oxygen atoms in total. The van der Waals surface area contributed by atoms with Crippen LogP contribution >= 0.6 is 12.4 Å². The zero-order valence-electron chi connectivity index (χ0n) is 9.62. The molecule has 6 heteroatoms. The van der Waals surface area contributed by atoms with Crippen LogP contribution < -0.4 is 10.6 Å². The van der Waals surface area contributed by atoms with E-state index in [-0.39, 0.29) is 24.4 Å². The third-order valence-corrected chi connectivity index (χ3v) is 2.53. The molecule has 1 rings (SSSR count). The number of esters is 1. The Morgan fingerprint density at radius 2 is 2.25 bits per heavy atom. The molecular formula is C10H19ClN2O3. The molecule has 0 aromatic carbocycles. The first kappa shape index (κ1) is 15.2. The second kappa shape index (κ2) is 7.46. The molecule has 0 spiro atoms. The molecule has 0 saturated carbocycles. The Kier molecular flexibility index (Phi) is 7.08. The van der Waals surface area contributed by atoms with Gasteiger partial charge in [-0.1, -0.05) is 0 Å². The topological polar surface area (TPSA) is 67.4 Å². The maximum absolute atomic E-state index is 11.5. The van der Waals surface area contributed by atoms with Crippen LogP contribution in [0, 0.1) is 0 Å². The van der Waals surface area contributed by atoms with E-state index in [0.29, 0.717) is 6.42 Å². The molecule has 1 heterocycles. The molecule has 0 aromatic heterocycles. The van der Waals surface area contributed by atoms with E-state index in [4.69, 9.17) is 0 Å². The average molecular weight is 251 g/mol. The molecule has 94 valence electrons. The van der Waals surface area contributed by atoms with Crippen molar-refractivity contribution in [3.05, 3.63) is 0 Å². The summed E-state index contributed by atoms with van der Waals surface area (Å²) in [6, 6.07) is -0.307. The van der Waals surface area contributed by atoms with Crippen LogP contribution in [0.15, 0.2) is 0 Å². The summed E-state index contributed by atoms with van der Waals surface area (Å²) in [6.45, 7) is 2.59. The molecule has 1 aliphatic heterocycles. The fourth-order valence-electron chi connectivity index (χ4n) is 1.69. The molecule has 0 aromatic rings. The molecule has 1 unspecified atom stereocenters. The molecule has 0 radical (unpaired) electrons. The number of amides is 1. The van der Waals surface area contributed by atoms with E-state index in [1.165, 1.54) is 7.11 Å². The molecule has 1 fully saturated rings. The van der Waals surface area contributed by atoms with Crippen molar-refractivity contribution in [3.63, 3.8) is 0 Å². The third kappa shape index (κ3) is 4.81. The van der Waals surface area contributed by atoms with Crippen molar-refractivity contribution in [1.29, 1.82) is 0 Å². The van der Waals surface area contributed by atoms with Gasteiger partial charge in [-0.15, -0.1) is 12.4 Å². The highest BCUT2D eigenvalue weighted by Crippen LogP contribution is 2.08. The third-order valence-electron chi connectivity index (χ3n) is 2.53. The highest BCUT2D eigenvalue weighted by Gasteiger charge is 2.20. The summed E-state index contributed by atoms with van der Waals surface area (Å²) in [6.07, 6.45) is 2.58. The Labute approximate surface area is 102 Å². The number of carbonyl (C=O) groups excluding carboxylic acids is 2. The van der Waals surface area contributed by atoms with Gasteiger partial charge in [-0.25, -0.2) is 4.79 Å². The Balaban J connectivity index is 0.00000225. The molecule has 0 aliphatic carbocycles. The zero-order valence-corrected chi connectivity index (χ0v) is 10.4. The molecule has 16 heavy (non-hydrogen) atoms. The number of hydrogen-bond acceptors (Lipinski definition) is 4. The number of halogens is 1. The smallest absolute Gasteiger partial charge is 0.328 e. The minimum atomic E-state index is -0.566. The van der Waals surface area contributed by atoms with Gasteiger partial charge in [0, 0.05) is 12.5 Å². The van der Waals surface area contributed by atoms with E-state index in [9.17, 15) is 9.59 Å². The fraction of sp³-hybridized carbons (Fsp3) is 0.800. The summed E-state index contributed by atoms with van der Waals surface area (Å²) >= 11 is 0. The van der Waals surface area contributed by atoms with E-state index in [1.807, 2.05) is 0 Å². The van der Waals surface area contributed by atoms with Gasteiger partial charge in [-0.05, 0) is 26.3 Å². The number of methoxy groups -OCH3 is 1. The second-order valence-electron chi connectivity index (χ2n) is 3.81. The van der Waals surface area contributed by atoms with Gasteiger partial charge in [-0.2, -0.15) is 0 Å². The van der Waals surface area contributed by atoms with E-state index in [0.717, 1.165) is 19.4 Å².